The van der Waals surface area contributed by atoms with Crippen LogP contribution in [-0.4, -0.2) is 50.7 Å². The van der Waals surface area contributed by atoms with Gasteiger partial charge in [-0.15, -0.1) is 0 Å². The number of likely N-dealkylation sites (tertiary alicyclic amines) is 1. The van der Waals surface area contributed by atoms with Gasteiger partial charge in [-0.3, -0.25) is 4.79 Å². The number of hydrogen-bond donors (Lipinski definition) is 1. The third-order valence-electron chi connectivity index (χ3n) is 4.30. The molecule has 1 aromatic carbocycles. The molecule has 0 atom stereocenters. The zero-order valence-electron chi connectivity index (χ0n) is 15.1. The van der Waals surface area contributed by atoms with Crippen LogP contribution in [-0.2, 0) is 14.8 Å². The maximum absolute atomic E-state index is 13.4. The monoisotopic (exact) mass is 386 g/mol. The topological polar surface area (TPSA) is 75.7 Å². The van der Waals surface area contributed by atoms with Gasteiger partial charge in [0, 0.05) is 25.6 Å². The molecule has 0 aliphatic carbocycles. The highest BCUT2D eigenvalue weighted by atomic mass is 32.2. The third kappa shape index (κ3) is 6.57. The summed E-state index contributed by atoms with van der Waals surface area (Å²) >= 11 is 0. The lowest BCUT2D eigenvalue weighted by Crippen LogP contribution is -2.46. The van der Waals surface area contributed by atoms with E-state index in [1.54, 1.807) is 23.1 Å². The Balaban J connectivity index is 1.66. The molecule has 1 fully saturated rings. The Kier molecular flexibility index (Phi) is 7.84. The van der Waals surface area contributed by atoms with Gasteiger partial charge in [0.15, 0.2) is 11.6 Å². The first-order chi connectivity index (χ1) is 12.4. The number of amides is 1. The fourth-order valence-electron chi connectivity index (χ4n) is 2.95. The normalized spacial score (nSPS) is 15.8. The van der Waals surface area contributed by atoms with Crippen LogP contribution >= 0.6 is 0 Å². The molecule has 0 bridgehead atoms. The zero-order chi connectivity index (χ0) is 19.0. The summed E-state index contributed by atoms with van der Waals surface area (Å²) < 4.78 is 45.1. The van der Waals surface area contributed by atoms with E-state index in [0.29, 0.717) is 45.2 Å². The SMILES string of the molecule is CCCS(=O)(=O)NC1CCN(C(=O)CCCOc2ccccc2F)CC1. The van der Waals surface area contributed by atoms with Crippen molar-refractivity contribution in [2.24, 2.45) is 0 Å². The van der Waals surface area contributed by atoms with Crippen LogP contribution in [0.4, 0.5) is 4.39 Å². The quantitative estimate of drug-likeness (QED) is 0.661. The minimum atomic E-state index is -3.22. The molecule has 8 heteroatoms. The van der Waals surface area contributed by atoms with E-state index in [9.17, 15) is 17.6 Å². The molecule has 2 rings (SSSR count). The van der Waals surface area contributed by atoms with Gasteiger partial charge < -0.3 is 9.64 Å². The average molecular weight is 386 g/mol. The number of halogens is 1. The molecule has 1 aliphatic heterocycles. The van der Waals surface area contributed by atoms with Crippen molar-refractivity contribution >= 4 is 15.9 Å². The van der Waals surface area contributed by atoms with Crippen molar-refractivity contribution in [3.63, 3.8) is 0 Å². The van der Waals surface area contributed by atoms with Gasteiger partial charge in [0.05, 0.1) is 12.4 Å². The van der Waals surface area contributed by atoms with Gasteiger partial charge in [0.25, 0.3) is 0 Å². The second kappa shape index (κ2) is 9.87. The van der Waals surface area contributed by atoms with E-state index >= 15 is 0 Å². The minimum absolute atomic E-state index is 0.0250. The summed E-state index contributed by atoms with van der Waals surface area (Å²) in [5, 5.41) is 0. The molecule has 0 spiro atoms. The first kappa shape index (κ1) is 20.6. The van der Waals surface area contributed by atoms with Crippen molar-refractivity contribution in [1.82, 2.24) is 9.62 Å². The van der Waals surface area contributed by atoms with Crippen LogP contribution in [0.25, 0.3) is 0 Å². The number of sulfonamides is 1. The molecule has 146 valence electrons. The molecule has 26 heavy (non-hydrogen) atoms. The smallest absolute Gasteiger partial charge is 0.222 e. The van der Waals surface area contributed by atoms with Crippen molar-refractivity contribution in [2.45, 2.75) is 45.1 Å². The molecule has 1 N–H and O–H groups in total. The van der Waals surface area contributed by atoms with Crippen molar-refractivity contribution in [3.05, 3.63) is 30.1 Å². The van der Waals surface area contributed by atoms with Gasteiger partial charge in [-0.05, 0) is 37.8 Å². The zero-order valence-corrected chi connectivity index (χ0v) is 15.9. The Morgan fingerprint density at radius 2 is 2.00 bits per heavy atom. The van der Waals surface area contributed by atoms with Crippen molar-refractivity contribution < 1.29 is 22.3 Å². The standard InChI is InChI=1S/C18H27FN2O4S/c1-2-14-26(23,24)20-15-9-11-21(12-10-15)18(22)8-5-13-25-17-7-4-3-6-16(17)19/h3-4,6-7,15,20H,2,5,8-14H2,1H3. The molecule has 1 aliphatic rings. The molecule has 0 saturated carbocycles. The Morgan fingerprint density at radius 1 is 1.31 bits per heavy atom. The lowest BCUT2D eigenvalue weighted by molar-refractivity contribution is -0.132. The van der Waals surface area contributed by atoms with E-state index in [0.717, 1.165) is 0 Å². The molecule has 1 aromatic rings. The Labute approximate surface area is 154 Å². The van der Waals surface area contributed by atoms with E-state index in [2.05, 4.69) is 4.72 Å². The minimum Gasteiger partial charge on any atom is -0.491 e. The van der Waals surface area contributed by atoms with Crippen LogP contribution in [0, 0.1) is 5.82 Å². The van der Waals surface area contributed by atoms with E-state index in [1.807, 2.05) is 6.92 Å². The van der Waals surface area contributed by atoms with Gasteiger partial charge in [-0.2, -0.15) is 0 Å². The van der Waals surface area contributed by atoms with Crippen molar-refractivity contribution in [1.29, 1.82) is 0 Å². The summed E-state index contributed by atoms with van der Waals surface area (Å²) in [6, 6.07) is 6.08. The van der Waals surface area contributed by atoms with Crippen LogP contribution in [0.3, 0.4) is 0 Å². The molecule has 1 heterocycles. The molecular formula is C18H27FN2O4S. The molecular weight excluding hydrogens is 359 g/mol. The Bertz CT molecular complexity index is 688. The predicted molar refractivity (Wildman–Crippen MR) is 97.9 cm³/mol. The molecule has 0 radical (unpaired) electrons. The molecule has 1 saturated heterocycles. The van der Waals surface area contributed by atoms with Crippen LogP contribution in [0.15, 0.2) is 24.3 Å². The van der Waals surface area contributed by atoms with Crippen LogP contribution < -0.4 is 9.46 Å². The molecule has 0 aromatic heterocycles. The number of nitrogens with one attached hydrogen (secondary N) is 1. The summed E-state index contributed by atoms with van der Waals surface area (Å²) in [4.78, 5) is 14.0. The van der Waals surface area contributed by atoms with Gasteiger partial charge >= 0.3 is 0 Å². The maximum Gasteiger partial charge on any atom is 0.222 e. The number of rotatable bonds is 9. The highest BCUT2D eigenvalue weighted by Gasteiger charge is 2.25. The summed E-state index contributed by atoms with van der Waals surface area (Å²) in [5.74, 6) is -0.0581. The van der Waals surface area contributed by atoms with Crippen LogP contribution in [0.5, 0.6) is 5.75 Å². The fourth-order valence-corrected chi connectivity index (χ4v) is 4.35. The summed E-state index contributed by atoms with van der Waals surface area (Å²) in [6.07, 6.45) is 2.68. The molecule has 1 amide bonds. The van der Waals surface area contributed by atoms with E-state index in [1.165, 1.54) is 6.07 Å². The van der Waals surface area contributed by atoms with Crippen molar-refractivity contribution in [2.75, 3.05) is 25.4 Å². The Hall–Kier alpha value is -1.67. The highest BCUT2D eigenvalue weighted by molar-refractivity contribution is 7.89. The predicted octanol–water partition coefficient (Wildman–Crippen LogP) is 2.31. The third-order valence-corrected chi connectivity index (χ3v) is 5.93. The fraction of sp³-hybridized carbons (Fsp3) is 0.611. The number of carbonyl (C=O) groups excluding carboxylic acids is 1. The largest absolute Gasteiger partial charge is 0.491 e. The van der Waals surface area contributed by atoms with Gasteiger partial charge in [-0.1, -0.05) is 19.1 Å². The van der Waals surface area contributed by atoms with Crippen LogP contribution in [0.2, 0.25) is 0 Å². The maximum atomic E-state index is 13.4. The lowest BCUT2D eigenvalue weighted by Gasteiger charge is -2.32. The van der Waals surface area contributed by atoms with Gasteiger partial charge in [0.1, 0.15) is 0 Å². The number of benzene rings is 1. The average Bonchev–Trinajstić information content (AvgIpc) is 2.60. The van der Waals surface area contributed by atoms with E-state index < -0.39 is 15.8 Å². The summed E-state index contributed by atoms with van der Waals surface area (Å²) in [6.45, 7) is 3.20. The highest BCUT2D eigenvalue weighted by Crippen LogP contribution is 2.16. The number of piperidine rings is 1. The number of para-hydroxylation sites is 1. The Morgan fingerprint density at radius 3 is 2.65 bits per heavy atom. The number of nitrogens with zero attached hydrogens (tertiary/aromatic N) is 1. The van der Waals surface area contributed by atoms with Gasteiger partial charge in [-0.25, -0.2) is 17.5 Å². The second-order valence-corrected chi connectivity index (χ2v) is 8.35. The molecule has 0 unspecified atom stereocenters. The lowest BCUT2D eigenvalue weighted by atomic mass is 10.1. The summed E-state index contributed by atoms with van der Waals surface area (Å²) in [7, 11) is -3.22. The number of carbonyl (C=O) groups is 1. The van der Waals surface area contributed by atoms with Gasteiger partial charge in [0.2, 0.25) is 15.9 Å². The van der Waals surface area contributed by atoms with Crippen LogP contribution in [0.1, 0.15) is 39.0 Å². The number of ether oxygens (including phenoxy) is 1. The van der Waals surface area contributed by atoms with E-state index in [-0.39, 0.29) is 30.1 Å². The second-order valence-electron chi connectivity index (χ2n) is 6.47. The van der Waals surface area contributed by atoms with E-state index in [4.69, 9.17) is 4.74 Å². The first-order valence-electron chi connectivity index (χ1n) is 9.06. The first-order valence-corrected chi connectivity index (χ1v) is 10.7. The molecule has 6 nitrogen and oxygen atoms in total. The number of hydrogen-bond acceptors (Lipinski definition) is 4. The van der Waals surface area contributed by atoms with Crippen molar-refractivity contribution in [3.8, 4) is 5.75 Å². The summed E-state index contributed by atoms with van der Waals surface area (Å²) in [5.41, 5.74) is 0.